The molecule has 1 aromatic rings. The third-order valence-electron chi connectivity index (χ3n) is 2.59. The second-order valence-electron chi connectivity index (χ2n) is 4.36. The molecule has 0 heterocycles. The van der Waals surface area contributed by atoms with E-state index in [-0.39, 0.29) is 30.1 Å². The zero-order chi connectivity index (χ0) is 13.6. The zero-order valence-electron chi connectivity index (χ0n) is 10.6. The van der Waals surface area contributed by atoms with Crippen LogP contribution >= 0.6 is 0 Å². The Morgan fingerprint density at radius 2 is 1.78 bits per heavy atom. The van der Waals surface area contributed by atoms with Crippen molar-refractivity contribution in [3.05, 3.63) is 29.8 Å². The van der Waals surface area contributed by atoms with Gasteiger partial charge >= 0.3 is 0 Å². The van der Waals surface area contributed by atoms with Crippen molar-refractivity contribution in [2.75, 3.05) is 17.2 Å². The van der Waals surface area contributed by atoms with Gasteiger partial charge in [-0.25, -0.2) is 8.42 Å². The van der Waals surface area contributed by atoms with E-state index in [1.807, 2.05) is 6.92 Å². The summed E-state index contributed by atoms with van der Waals surface area (Å²) in [5.74, 6) is 0.0519. The number of ketones is 1. The summed E-state index contributed by atoms with van der Waals surface area (Å²) in [5.41, 5.74) is 7.06. The standard InChI is InChI=1S/C13H19NO3S/c1-2-8-18(16,17)9-7-13(15)10-11-3-5-12(14)6-4-11/h3-6H,2,7-10,14H2,1H3. The molecule has 0 aromatic heterocycles. The van der Waals surface area contributed by atoms with Gasteiger partial charge in [-0.15, -0.1) is 0 Å². The van der Waals surface area contributed by atoms with Gasteiger partial charge in [0.1, 0.15) is 5.78 Å². The van der Waals surface area contributed by atoms with E-state index in [0.717, 1.165) is 5.56 Å². The average Bonchev–Trinajstić information content (AvgIpc) is 2.30. The number of carbonyl (C=O) groups is 1. The van der Waals surface area contributed by atoms with Crippen LogP contribution in [0.15, 0.2) is 24.3 Å². The highest BCUT2D eigenvalue weighted by Crippen LogP contribution is 2.08. The highest BCUT2D eigenvalue weighted by Gasteiger charge is 2.12. The van der Waals surface area contributed by atoms with Crippen molar-refractivity contribution in [2.45, 2.75) is 26.2 Å². The minimum atomic E-state index is -3.07. The largest absolute Gasteiger partial charge is 0.399 e. The second-order valence-corrected chi connectivity index (χ2v) is 6.66. The zero-order valence-corrected chi connectivity index (χ0v) is 11.4. The van der Waals surface area contributed by atoms with E-state index in [4.69, 9.17) is 5.73 Å². The fourth-order valence-corrected chi connectivity index (χ4v) is 3.00. The first kappa shape index (κ1) is 14.7. The molecule has 0 fully saturated rings. The van der Waals surface area contributed by atoms with Gasteiger partial charge in [0.2, 0.25) is 0 Å². The maximum absolute atomic E-state index is 11.7. The predicted molar refractivity (Wildman–Crippen MR) is 73.1 cm³/mol. The smallest absolute Gasteiger partial charge is 0.150 e. The number of rotatable bonds is 7. The minimum Gasteiger partial charge on any atom is -0.399 e. The quantitative estimate of drug-likeness (QED) is 0.763. The number of benzene rings is 1. The molecule has 5 heteroatoms. The first-order valence-electron chi connectivity index (χ1n) is 5.99. The lowest BCUT2D eigenvalue weighted by atomic mass is 10.1. The number of hydrogen-bond donors (Lipinski definition) is 1. The van der Waals surface area contributed by atoms with E-state index in [1.54, 1.807) is 24.3 Å². The monoisotopic (exact) mass is 269 g/mol. The topological polar surface area (TPSA) is 77.2 Å². The SMILES string of the molecule is CCCS(=O)(=O)CCC(=O)Cc1ccc(N)cc1. The molecule has 0 radical (unpaired) electrons. The van der Waals surface area contributed by atoms with Crippen molar-refractivity contribution in [3.8, 4) is 0 Å². The van der Waals surface area contributed by atoms with E-state index >= 15 is 0 Å². The van der Waals surface area contributed by atoms with E-state index < -0.39 is 9.84 Å². The van der Waals surface area contributed by atoms with Crippen LogP contribution in [0.2, 0.25) is 0 Å². The van der Waals surface area contributed by atoms with Gasteiger partial charge in [-0.2, -0.15) is 0 Å². The van der Waals surface area contributed by atoms with Gasteiger partial charge in [-0.1, -0.05) is 19.1 Å². The molecule has 18 heavy (non-hydrogen) atoms. The summed E-state index contributed by atoms with van der Waals surface area (Å²) >= 11 is 0. The van der Waals surface area contributed by atoms with Gasteiger partial charge in [-0.3, -0.25) is 4.79 Å². The molecule has 0 saturated carbocycles. The van der Waals surface area contributed by atoms with Crippen LogP contribution in [0.5, 0.6) is 0 Å². The Balaban J connectivity index is 2.45. The van der Waals surface area contributed by atoms with E-state index in [2.05, 4.69) is 0 Å². The summed E-state index contributed by atoms with van der Waals surface area (Å²) in [5, 5.41) is 0. The number of carbonyl (C=O) groups excluding carboxylic acids is 1. The van der Waals surface area contributed by atoms with Crippen LogP contribution < -0.4 is 5.73 Å². The first-order chi connectivity index (χ1) is 8.43. The Kier molecular flexibility index (Phi) is 5.34. The maximum atomic E-state index is 11.7. The second kappa shape index (κ2) is 6.54. The fraction of sp³-hybridized carbons (Fsp3) is 0.462. The lowest BCUT2D eigenvalue weighted by molar-refractivity contribution is -0.118. The lowest BCUT2D eigenvalue weighted by Crippen LogP contribution is -2.15. The van der Waals surface area contributed by atoms with Gasteiger partial charge in [0.15, 0.2) is 9.84 Å². The van der Waals surface area contributed by atoms with Crippen LogP contribution in [0.3, 0.4) is 0 Å². The van der Waals surface area contributed by atoms with Crippen molar-refractivity contribution in [1.29, 1.82) is 0 Å². The number of Topliss-reactive ketones (excluding diaryl/α,β-unsaturated/α-hetero) is 1. The van der Waals surface area contributed by atoms with E-state index in [0.29, 0.717) is 12.1 Å². The fourth-order valence-electron chi connectivity index (χ4n) is 1.63. The summed E-state index contributed by atoms with van der Waals surface area (Å²) in [7, 11) is -3.07. The summed E-state index contributed by atoms with van der Waals surface area (Å²) in [6.45, 7) is 1.81. The van der Waals surface area contributed by atoms with Crippen LogP contribution in [-0.2, 0) is 21.1 Å². The van der Waals surface area contributed by atoms with Crippen molar-refractivity contribution in [3.63, 3.8) is 0 Å². The molecule has 1 rings (SSSR count). The number of anilines is 1. The first-order valence-corrected chi connectivity index (χ1v) is 7.81. The molecule has 2 N–H and O–H groups in total. The summed E-state index contributed by atoms with van der Waals surface area (Å²) < 4.78 is 22.9. The molecular formula is C13H19NO3S. The maximum Gasteiger partial charge on any atom is 0.150 e. The predicted octanol–water partition coefficient (Wildman–Crippen LogP) is 1.60. The molecule has 1 aromatic carbocycles. The van der Waals surface area contributed by atoms with E-state index in [1.165, 1.54) is 0 Å². The highest BCUT2D eigenvalue weighted by molar-refractivity contribution is 7.91. The van der Waals surface area contributed by atoms with Crippen molar-refractivity contribution < 1.29 is 13.2 Å². The van der Waals surface area contributed by atoms with Crippen molar-refractivity contribution in [2.24, 2.45) is 0 Å². The lowest BCUT2D eigenvalue weighted by Gasteiger charge is -2.03. The molecule has 0 amide bonds. The van der Waals surface area contributed by atoms with Gasteiger partial charge in [0, 0.05) is 24.3 Å². The number of nitrogen functional groups attached to an aromatic ring is 1. The Morgan fingerprint density at radius 3 is 2.33 bits per heavy atom. The molecule has 0 bridgehead atoms. The molecule has 0 aliphatic rings. The summed E-state index contributed by atoms with van der Waals surface area (Å²) in [6, 6.07) is 7.04. The van der Waals surface area contributed by atoms with Gasteiger partial charge in [-0.05, 0) is 24.1 Å². The average molecular weight is 269 g/mol. The third kappa shape index (κ3) is 5.31. The van der Waals surface area contributed by atoms with Gasteiger partial charge < -0.3 is 5.73 Å². The van der Waals surface area contributed by atoms with Crippen molar-refractivity contribution >= 4 is 21.3 Å². The minimum absolute atomic E-state index is 0.0470. The highest BCUT2D eigenvalue weighted by atomic mass is 32.2. The van der Waals surface area contributed by atoms with E-state index in [9.17, 15) is 13.2 Å². The summed E-state index contributed by atoms with van der Waals surface area (Å²) in [6.07, 6.45) is 0.948. The Labute approximate surface area is 108 Å². The van der Waals surface area contributed by atoms with Crippen LogP contribution in [0.25, 0.3) is 0 Å². The molecule has 0 atom stereocenters. The molecule has 0 spiro atoms. The molecule has 100 valence electrons. The number of nitrogens with two attached hydrogens (primary N) is 1. The molecule has 4 nitrogen and oxygen atoms in total. The molecule has 0 saturated heterocycles. The van der Waals surface area contributed by atoms with Crippen LogP contribution in [0, 0.1) is 0 Å². The third-order valence-corrected chi connectivity index (χ3v) is 4.44. The molecule has 0 aliphatic heterocycles. The molecule has 0 unspecified atom stereocenters. The normalized spacial score (nSPS) is 11.4. The van der Waals surface area contributed by atoms with Gasteiger partial charge in [0.25, 0.3) is 0 Å². The Hall–Kier alpha value is -1.36. The van der Waals surface area contributed by atoms with Crippen LogP contribution in [-0.4, -0.2) is 25.7 Å². The number of hydrogen-bond acceptors (Lipinski definition) is 4. The van der Waals surface area contributed by atoms with Gasteiger partial charge in [0.05, 0.1) is 5.75 Å². The number of sulfone groups is 1. The van der Waals surface area contributed by atoms with Crippen LogP contribution in [0.4, 0.5) is 5.69 Å². The van der Waals surface area contributed by atoms with Crippen molar-refractivity contribution in [1.82, 2.24) is 0 Å². The molecular weight excluding hydrogens is 250 g/mol. The Bertz CT molecular complexity index is 491. The summed E-state index contributed by atoms with van der Waals surface area (Å²) in [4.78, 5) is 11.7. The Morgan fingerprint density at radius 1 is 1.17 bits per heavy atom. The molecule has 0 aliphatic carbocycles. The van der Waals surface area contributed by atoms with Crippen LogP contribution in [0.1, 0.15) is 25.3 Å².